The Balaban J connectivity index is 1.41. The standard InChI is InChI=1S/C20H21N7O3/c21-16-13-27(15-4-2-1-3-5-15)24-18(16)23-19(28)14-6-7-17(22-12-14)25-8-10-26(11-9-25)20(29)30/h1-7,12-13H,8-11,21H2,(H,29,30)(H,23,24,28). The Kier molecular flexibility index (Phi) is 5.21. The van der Waals surface area contributed by atoms with Crippen molar-refractivity contribution in [3.05, 3.63) is 60.4 Å². The quantitative estimate of drug-likeness (QED) is 0.602. The summed E-state index contributed by atoms with van der Waals surface area (Å²) >= 11 is 0. The van der Waals surface area contributed by atoms with Crippen LogP contribution >= 0.6 is 0 Å². The molecule has 1 aliphatic heterocycles. The number of amides is 2. The van der Waals surface area contributed by atoms with Crippen LogP contribution in [0, 0.1) is 0 Å². The van der Waals surface area contributed by atoms with Gasteiger partial charge >= 0.3 is 6.09 Å². The molecule has 4 N–H and O–H groups in total. The van der Waals surface area contributed by atoms with Gasteiger partial charge in [-0.05, 0) is 24.3 Å². The average Bonchev–Trinajstić information content (AvgIpc) is 3.14. The third-order valence-corrected chi connectivity index (χ3v) is 4.88. The van der Waals surface area contributed by atoms with Gasteiger partial charge in [0.25, 0.3) is 5.91 Å². The Morgan fingerprint density at radius 3 is 2.40 bits per heavy atom. The zero-order valence-electron chi connectivity index (χ0n) is 16.1. The number of hydrogen-bond donors (Lipinski definition) is 3. The lowest BCUT2D eigenvalue weighted by molar-refractivity contribution is 0.102. The van der Waals surface area contributed by atoms with Crippen molar-refractivity contribution in [1.29, 1.82) is 0 Å². The van der Waals surface area contributed by atoms with Crippen molar-refractivity contribution < 1.29 is 14.7 Å². The van der Waals surface area contributed by atoms with Crippen molar-refractivity contribution in [3.8, 4) is 5.69 Å². The number of para-hydroxylation sites is 1. The van der Waals surface area contributed by atoms with Gasteiger partial charge in [-0.1, -0.05) is 18.2 Å². The first-order valence-electron chi connectivity index (χ1n) is 9.42. The summed E-state index contributed by atoms with van der Waals surface area (Å²) in [6.07, 6.45) is 2.21. The Morgan fingerprint density at radius 2 is 1.77 bits per heavy atom. The summed E-state index contributed by atoms with van der Waals surface area (Å²) in [5, 5.41) is 16.1. The second-order valence-electron chi connectivity index (χ2n) is 6.83. The fraction of sp³-hybridized carbons (Fsp3) is 0.200. The Bertz CT molecular complexity index is 1040. The van der Waals surface area contributed by atoms with Crippen molar-refractivity contribution in [2.75, 3.05) is 42.1 Å². The van der Waals surface area contributed by atoms with Gasteiger partial charge in [0.1, 0.15) is 5.82 Å². The van der Waals surface area contributed by atoms with E-state index in [1.54, 1.807) is 23.0 Å². The van der Waals surface area contributed by atoms with E-state index in [-0.39, 0.29) is 11.7 Å². The van der Waals surface area contributed by atoms with E-state index in [9.17, 15) is 9.59 Å². The molecule has 4 rings (SSSR count). The molecule has 2 amide bonds. The highest BCUT2D eigenvalue weighted by Gasteiger charge is 2.21. The highest BCUT2D eigenvalue weighted by atomic mass is 16.4. The number of nitrogen functional groups attached to an aromatic ring is 1. The fourth-order valence-electron chi connectivity index (χ4n) is 3.21. The van der Waals surface area contributed by atoms with Crippen LogP contribution in [0.4, 0.5) is 22.1 Å². The summed E-state index contributed by atoms with van der Waals surface area (Å²) in [6, 6.07) is 12.9. The van der Waals surface area contributed by atoms with Gasteiger partial charge in [0, 0.05) is 32.4 Å². The van der Waals surface area contributed by atoms with E-state index < -0.39 is 6.09 Å². The van der Waals surface area contributed by atoms with E-state index in [2.05, 4.69) is 15.4 Å². The molecule has 1 saturated heterocycles. The maximum absolute atomic E-state index is 12.6. The minimum Gasteiger partial charge on any atom is -0.465 e. The van der Waals surface area contributed by atoms with E-state index in [1.165, 1.54) is 11.1 Å². The van der Waals surface area contributed by atoms with E-state index in [1.807, 2.05) is 35.2 Å². The zero-order valence-corrected chi connectivity index (χ0v) is 16.1. The average molecular weight is 407 g/mol. The number of nitrogens with one attached hydrogen (secondary N) is 1. The van der Waals surface area contributed by atoms with Crippen LogP contribution in [0.2, 0.25) is 0 Å². The van der Waals surface area contributed by atoms with Gasteiger partial charge in [0.15, 0.2) is 5.82 Å². The number of aromatic nitrogens is 3. The minimum absolute atomic E-state index is 0.276. The Hall–Kier alpha value is -4.08. The van der Waals surface area contributed by atoms with Crippen molar-refractivity contribution >= 4 is 29.3 Å². The summed E-state index contributed by atoms with van der Waals surface area (Å²) in [5.41, 5.74) is 7.55. The first kappa shape index (κ1) is 19.2. The van der Waals surface area contributed by atoms with Crippen LogP contribution in [0.25, 0.3) is 5.69 Å². The monoisotopic (exact) mass is 407 g/mol. The molecule has 0 aliphatic carbocycles. The van der Waals surface area contributed by atoms with Crippen LogP contribution < -0.4 is 16.0 Å². The second kappa shape index (κ2) is 8.11. The third kappa shape index (κ3) is 4.02. The highest BCUT2D eigenvalue weighted by molar-refractivity contribution is 6.04. The summed E-state index contributed by atoms with van der Waals surface area (Å²) in [7, 11) is 0. The number of anilines is 3. The fourth-order valence-corrected chi connectivity index (χ4v) is 3.21. The highest BCUT2D eigenvalue weighted by Crippen LogP contribution is 2.20. The van der Waals surface area contributed by atoms with Gasteiger partial charge < -0.3 is 26.0 Å². The van der Waals surface area contributed by atoms with E-state index in [4.69, 9.17) is 10.8 Å². The summed E-state index contributed by atoms with van der Waals surface area (Å²) < 4.78 is 1.60. The van der Waals surface area contributed by atoms with Crippen molar-refractivity contribution in [2.45, 2.75) is 0 Å². The smallest absolute Gasteiger partial charge is 0.407 e. The zero-order chi connectivity index (χ0) is 21.1. The molecule has 30 heavy (non-hydrogen) atoms. The summed E-state index contributed by atoms with van der Waals surface area (Å²) in [5.74, 6) is 0.608. The molecule has 0 atom stereocenters. The lowest BCUT2D eigenvalue weighted by Gasteiger charge is -2.33. The Labute approximate surface area is 172 Å². The minimum atomic E-state index is -0.913. The molecule has 10 nitrogen and oxygen atoms in total. The maximum atomic E-state index is 12.6. The van der Waals surface area contributed by atoms with Crippen molar-refractivity contribution in [3.63, 3.8) is 0 Å². The number of nitrogens with zero attached hydrogens (tertiary/aromatic N) is 5. The van der Waals surface area contributed by atoms with Gasteiger partial charge in [-0.3, -0.25) is 4.79 Å². The number of carbonyl (C=O) groups is 2. The molecule has 0 unspecified atom stereocenters. The SMILES string of the molecule is Nc1cn(-c2ccccc2)nc1NC(=O)c1ccc(N2CCN(C(=O)O)CC2)nc1. The van der Waals surface area contributed by atoms with Crippen LogP contribution in [0.5, 0.6) is 0 Å². The van der Waals surface area contributed by atoms with Crippen LogP contribution in [-0.4, -0.2) is 63.0 Å². The number of benzene rings is 1. The third-order valence-electron chi connectivity index (χ3n) is 4.88. The van der Waals surface area contributed by atoms with Gasteiger partial charge in [0.2, 0.25) is 0 Å². The number of nitrogens with two attached hydrogens (primary N) is 1. The van der Waals surface area contributed by atoms with E-state index >= 15 is 0 Å². The molecule has 2 aromatic heterocycles. The molecule has 1 fully saturated rings. The predicted molar refractivity (Wildman–Crippen MR) is 112 cm³/mol. The van der Waals surface area contributed by atoms with Gasteiger partial charge in [-0.25, -0.2) is 14.5 Å². The molecule has 10 heteroatoms. The molecule has 0 saturated carbocycles. The van der Waals surface area contributed by atoms with Gasteiger partial charge in [0.05, 0.1) is 23.1 Å². The topological polar surface area (TPSA) is 130 Å². The predicted octanol–water partition coefficient (Wildman–Crippen LogP) is 1.90. The molecule has 154 valence electrons. The molecule has 1 aliphatic rings. The number of pyridine rings is 1. The molecule has 0 spiro atoms. The number of piperazine rings is 1. The first-order valence-corrected chi connectivity index (χ1v) is 9.42. The molecule has 3 heterocycles. The summed E-state index contributed by atoms with van der Waals surface area (Å²) in [6.45, 7) is 1.95. The van der Waals surface area contributed by atoms with Crippen molar-refractivity contribution in [2.24, 2.45) is 0 Å². The lowest BCUT2D eigenvalue weighted by Crippen LogP contribution is -2.48. The van der Waals surface area contributed by atoms with Gasteiger partial charge in [-0.15, -0.1) is 5.10 Å². The van der Waals surface area contributed by atoms with Crippen LogP contribution in [0.1, 0.15) is 10.4 Å². The lowest BCUT2D eigenvalue weighted by atomic mass is 10.2. The first-order chi connectivity index (χ1) is 14.5. The van der Waals surface area contributed by atoms with Crippen LogP contribution in [0.15, 0.2) is 54.9 Å². The number of carbonyl (C=O) groups excluding carboxylic acids is 1. The number of carboxylic acid groups (broad SMARTS) is 1. The second-order valence-corrected chi connectivity index (χ2v) is 6.83. The molecule has 0 radical (unpaired) electrons. The normalized spacial score (nSPS) is 13.9. The van der Waals surface area contributed by atoms with E-state index in [0.717, 1.165) is 5.69 Å². The maximum Gasteiger partial charge on any atom is 0.407 e. The van der Waals surface area contributed by atoms with Gasteiger partial charge in [-0.2, -0.15) is 0 Å². The molecule has 3 aromatic rings. The summed E-state index contributed by atoms with van der Waals surface area (Å²) in [4.78, 5) is 31.3. The number of hydrogen-bond acceptors (Lipinski definition) is 6. The molecular weight excluding hydrogens is 386 g/mol. The Morgan fingerprint density at radius 1 is 1.03 bits per heavy atom. The van der Waals surface area contributed by atoms with E-state index in [0.29, 0.717) is 43.2 Å². The number of rotatable bonds is 4. The van der Waals surface area contributed by atoms with Crippen molar-refractivity contribution in [1.82, 2.24) is 19.7 Å². The van der Waals surface area contributed by atoms with Crippen LogP contribution in [-0.2, 0) is 0 Å². The molecule has 1 aromatic carbocycles. The molecular formula is C20H21N7O3. The molecule has 0 bridgehead atoms. The van der Waals surface area contributed by atoms with Crippen LogP contribution in [0.3, 0.4) is 0 Å². The largest absolute Gasteiger partial charge is 0.465 e.